The summed E-state index contributed by atoms with van der Waals surface area (Å²) in [5, 5.41) is 0. The Bertz CT molecular complexity index is 688. The van der Waals surface area contributed by atoms with Crippen molar-refractivity contribution in [2.75, 3.05) is 0 Å². The van der Waals surface area contributed by atoms with Gasteiger partial charge < -0.3 is 0 Å². The van der Waals surface area contributed by atoms with Gasteiger partial charge in [-0.25, -0.2) is 0 Å². The van der Waals surface area contributed by atoms with Gasteiger partial charge in [-0.2, -0.15) is 0 Å². The molecule has 0 heterocycles. The van der Waals surface area contributed by atoms with Gasteiger partial charge in [0.05, 0.1) is 0 Å². The summed E-state index contributed by atoms with van der Waals surface area (Å²) in [6.45, 7) is 9.91. The molecule has 3 unspecified atom stereocenters. The van der Waals surface area contributed by atoms with E-state index in [1.807, 2.05) is 5.57 Å². The first-order valence-corrected chi connectivity index (χ1v) is 15.4. The van der Waals surface area contributed by atoms with E-state index in [0.29, 0.717) is 0 Å². The molecule has 0 saturated heterocycles. The largest absolute Gasteiger partial charge is 0.0813 e. The minimum Gasteiger partial charge on any atom is -0.0813 e. The van der Waals surface area contributed by atoms with Crippen molar-refractivity contribution < 1.29 is 0 Å². The molecule has 3 fully saturated rings. The Morgan fingerprint density at radius 1 is 0.727 bits per heavy atom. The minimum absolute atomic E-state index is 0.797. The molecule has 0 aromatic heterocycles. The predicted molar refractivity (Wildman–Crippen MR) is 143 cm³/mol. The van der Waals surface area contributed by atoms with E-state index in [4.69, 9.17) is 0 Å². The van der Waals surface area contributed by atoms with Gasteiger partial charge in [-0.05, 0) is 124 Å². The smallest absolute Gasteiger partial charge is 0.00139 e. The van der Waals surface area contributed by atoms with Gasteiger partial charge in [0.25, 0.3) is 0 Å². The van der Waals surface area contributed by atoms with Crippen LogP contribution < -0.4 is 0 Å². The zero-order valence-corrected chi connectivity index (χ0v) is 22.5. The molecule has 5 rings (SSSR count). The van der Waals surface area contributed by atoms with Gasteiger partial charge in [-0.1, -0.05) is 76.2 Å². The highest BCUT2D eigenvalue weighted by molar-refractivity contribution is 5.31. The lowest BCUT2D eigenvalue weighted by Crippen LogP contribution is -2.27. The average Bonchev–Trinajstić information content (AvgIpc) is 3.41. The van der Waals surface area contributed by atoms with E-state index in [-0.39, 0.29) is 0 Å². The number of allylic oxidation sites excluding steroid dienone is 4. The fourth-order valence-corrected chi connectivity index (χ4v) is 9.40. The van der Waals surface area contributed by atoms with Crippen LogP contribution in [0.2, 0.25) is 0 Å². The van der Waals surface area contributed by atoms with E-state index in [1.165, 1.54) is 70.6 Å². The van der Waals surface area contributed by atoms with Crippen LogP contribution in [0.1, 0.15) is 124 Å². The first kappa shape index (κ1) is 24.2. The Labute approximate surface area is 206 Å². The third-order valence-corrected chi connectivity index (χ3v) is 11.6. The Morgan fingerprint density at radius 3 is 2.00 bits per heavy atom. The van der Waals surface area contributed by atoms with Crippen LogP contribution in [-0.4, -0.2) is 0 Å². The number of rotatable bonds is 6. The van der Waals surface area contributed by atoms with Crippen molar-refractivity contribution in [1.82, 2.24) is 0 Å². The first-order valence-electron chi connectivity index (χ1n) is 15.4. The van der Waals surface area contributed by atoms with Crippen LogP contribution in [0.25, 0.3) is 0 Å². The zero-order valence-electron chi connectivity index (χ0n) is 22.5. The maximum atomic E-state index is 2.77. The summed E-state index contributed by atoms with van der Waals surface area (Å²) in [5.74, 6) is 9.54. The lowest BCUT2D eigenvalue weighted by molar-refractivity contribution is 0.127. The monoisotopic (exact) mass is 450 g/mol. The van der Waals surface area contributed by atoms with Crippen LogP contribution in [0.15, 0.2) is 23.3 Å². The van der Waals surface area contributed by atoms with Gasteiger partial charge in [0.1, 0.15) is 0 Å². The topological polar surface area (TPSA) is 0 Å². The van der Waals surface area contributed by atoms with Crippen molar-refractivity contribution in [2.24, 2.45) is 59.2 Å². The second-order valence-corrected chi connectivity index (χ2v) is 13.9. The highest BCUT2D eigenvalue weighted by atomic mass is 14.5. The molecule has 0 nitrogen and oxygen atoms in total. The summed E-state index contributed by atoms with van der Waals surface area (Å²) in [6, 6.07) is 0. The fraction of sp³-hybridized carbons (Fsp3) is 0.879. The number of fused-ring (bicyclic) bond motifs is 1. The molecule has 0 amide bonds. The molecular formula is C33H54. The van der Waals surface area contributed by atoms with Gasteiger partial charge >= 0.3 is 0 Å². The van der Waals surface area contributed by atoms with Gasteiger partial charge in [-0.3, -0.25) is 0 Å². The molecule has 5 aliphatic rings. The van der Waals surface area contributed by atoms with Crippen molar-refractivity contribution in [2.45, 2.75) is 124 Å². The lowest BCUT2D eigenvalue weighted by atomic mass is 9.67. The van der Waals surface area contributed by atoms with Crippen LogP contribution in [0, 0.1) is 59.2 Å². The van der Waals surface area contributed by atoms with E-state index in [2.05, 4.69) is 39.8 Å². The lowest BCUT2D eigenvalue weighted by Gasteiger charge is -2.39. The van der Waals surface area contributed by atoms with Crippen LogP contribution in [-0.2, 0) is 0 Å². The molecule has 33 heavy (non-hydrogen) atoms. The molecule has 3 saturated carbocycles. The molecule has 5 aliphatic carbocycles. The van der Waals surface area contributed by atoms with E-state index < -0.39 is 0 Å². The highest BCUT2D eigenvalue weighted by Gasteiger charge is 2.43. The molecule has 0 aliphatic heterocycles. The Morgan fingerprint density at radius 2 is 1.36 bits per heavy atom. The van der Waals surface area contributed by atoms with Crippen molar-refractivity contribution in [3.8, 4) is 0 Å². The van der Waals surface area contributed by atoms with Gasteiger partial charge in [0, 0.05) is 5.92 Å². The molecular weight excluding hydrogens is 396 g/mol. The van der Waals surface area contributed by atoms with Crippen molar-refractivity contribution >= 4 is 0 Å². The van der Waals surface area contributed by atoms with E-state index in [9.17, 15) is 0 Å². The molecule has 0 radical (unpaired) electrons. The molecule has 186 valence electrons. The predicted octanol–water partition coefficient (Wildman–Crippen LogP) is 10.0. The van der Waals surface area contributed by atoms with Crippen LogP contribution in [0.4, 0.5) is 0 Å². The third kappa shape index (κ3) is 5.35. The summed E-state index contributed by atoms with van der Waals surface area (Å²) in [5.41, 5.74) is 3.57. The first-order chi connectivity index (χ1) is 16.0. The van der Waals surface area contributed by atoms with Crippen molar-refractivity contribution in [3.05, 3.63) is 23.3 Å². The Balaban J connectivity index is 1.09. The van der Waals surface area contributed by atoms with Crippen LogP contribution >= 0.6 is 0 Å². The zero-order chi connectivity index (χ0) is 22.9. The van der Waals surface area contributed by atoms with E-state index >= 15 is 0 Å². The molecule has 0 aromatic rings. The summed E-state index contributed by atoms with van der Waals surface area (Å²) in [6.07, 6.45) is 28.1. The summed E-state index contributed by atoms with van der Waals surface area (Å²) < 4.78 is 0. The number of hydrogen-bond donors (Lipinski definition) is 0. The van der Waals surface area contributed by atoms with Gasteiger partial charge in [-0.15, -0.1) is 0 Å². The third-order valence-electron chi connectivity index (χ3n) is 11.6. The highest BCUT2D eigenvalue weighted by Crippen LogP contribution is 2.53. The second-order valence-electron chi connectivity index (χ2n) is 13.9. The number of hydrogen-bond acceptors (Lipinski definition) is 0. The summed E-state index contributed by atoms with van der Waals surface area (Å²) in [4.78, 5) is 0. The van der Waals surface area contributed by atoms with Crippen LogP contribution in [0.3, 0.4) is 0 Å². The van der Waals surface area contributed by atoms with Crippen molar-refractivity contribution in [3.63, 3.8) is 0 Å². The molecule has 0 aromatic carbocycles. The Kier molecular flexibility index (Phi) is 7.78. The Hall–Kier alpha value is -0.520. The normalized spacial score (nSPS) is 41.1. The summed E-state index contributed by atoms with van der Waals surface area (Å²) >= 11 is 0. The standard InChI is InChI=1S/C33H54/c1-22(2)26-14-16-28(17-15-26)27-12-10-25(11-13-27)18-23(3)30-20-31-24(4)19-32(33(31)21-30)29-8-6-5-7-9-29/h19-20,22-23,25-29,31-33H,5-18,21H2,1-4H3/t23-,25?,26?,27?,28?,31?,32?,33?/m1/s1. The van der Waals surface area contributed by atoms with Crippen LogP contribution in [0.5, 0.6) is 0 Å². The van der Waals surface area contributed by atoms with E-state index in [1.54, 1.807) is 31.3 Å². The SMILES string of the molecule is CC1=CC(C2CCCCC2)C2CC([C@H](C)CC3CCC(C4CCC(C(C)C)CC4)CC3)=CC12. The van der Waals surface area contributed by atoms with Crippen molar-refractivity contribution in [1.29, 1.82) is 0 Å². The molecule has 4 atom stereocenters. The molecule has 0 N–H and O–H groups in total. The molecule has 0 spiro atoms. The average molecular weight is 451 g/mol. The molecule has 0 bridgehead atoms. The fourth-order valence-electron chi connectivity index (χ4n) is 9.40. The quantitative estimate of drug-likeness (QED) is 0.353. The van der Waals surface area contributed by atoms with E-state index in [0.717, 1.165) is 59.2 Å². The maximum absolute atomic E-state index is 2.77. The minimum atomic E-state index is 0.797. The van der Waals surface area contributed by atoms with Gasteiger partial charge in [0.15, 0.2) is 0 Å². The summed E-state index contributed by atoms with van der Waals surface area (Å²) in [7, 11) is 0. The second kappa shape index (κ2) is 10.6. The maximum Gasteiger partial charge on any atom is 0.00139 e. The van der Waals surface area contributed by atoms with Gasteiger partial charge in [0.2, 0.25) is 0 Å². The molecule has 0 heteroatoms.